The summed E-state index contributed by atoms with van der Waals surface area (Å²) >= 11 is 0. The van der Waals surface area contributed by atoms with Crippen molar-refractivity contribution < 1.29 is 19.0 Å². The van der Waals surface area contributed by atoms with E-state index in [4.69, 9.17) is 10.8 Å². The van der Waals surface area contributed by atoms with Crippen molar-refractivity contribution in [1.29, 1.82) is 0 Å². The lowest BCUT2D eigenvalue weighted by molar-refractivity contribution is 0.138. The molecule has 94 valence electrons. The maximum absolute atomic E-state index is 12.9. The second-order valence-electron chi connectivity index (χ2n) is 3.55. The molecule has 1 aromatic heterocycles. The van der Waals surface area contributed by atoms with Crippen LogP contribution in [0.4, 0.5) is 14.9 Å². The standard InChI is InChI=1S/C11H10FN3O3/c12-8-2-1-7(9(13)5-8)6-15-4-3-14-10(15)18-11(16)17/h1-5H,6,13H2,(H,16,17). The fourth-order valence-corrected chi connectivity index (χ4v) is 1.49. The van der Waals surface area contributed by atoms with Gasteiger partial charge >= 0.3 is 12.2 Å². The number of nitrogens with zero attached hydrogens (tertiary/aromatic N) is 2. The van der Waals surface area contributed by atoms with E-state index in [1.54, 1.807) is 6.20 Å². The quantitative estimate of drug-likeness (QED) is 0.640. The molecule has 0 unspecified atom stereocenters. The first-order valence-electron chi connectivity index (χ1n) is 5.02. The van der Waals surface area contributed by atoms with Crippen LogP contribution in [0.15, 0.2) is 30.6 Å². The number of aromatic nitrogens is 2. The highest BCUT2D eigenvalue weighted by molar-refractivity contribution is 5.59. The van der Waals surface area contributed by atoms with E-state index in [1.807, 2.05) is 0 Å². The lowest BCUT2D eigenvalue weighted by atomic mass is 10.2. The number of halogens is 1. The number of nitrogens with two attached hydrogens (primary N) is 1. The lowest BCUT2D eigenvalue weighted by Crippen LogP contribution is -2.10. The van der Waals surface area contributed by atoms with E-state index in [1.165, 1.54) is 29.0 Å². The highest BCUT2D eigenvalue weighted by Crippen LogP contribution is 2.17. The molecule has 0 amide bonds. The first kappa shape index (κ1) is 11.9. The Kier molecular flexibility index (Phi) is 3.13. The van der Waals surface area contributed by atoms with Crippen LogP contribution >= 0.6 is 0 Å². The highest BCUT2D eigenvalue weighted by Gasteiger charge is 2.10. The van der Waals surface area contributed by atoms with E-state index in [9.17, 15) is 9.18 Å². The van der Waals surface area contributed by atoms with E-state index in [2.05, 4.69) is 9.72 Å². The van der Waals surface area contributed by atoms with Gasteiger partial charge in [0.25, 0.3) is 0 Å². The van der Waals surface area contributed by atoms with Gasteiger partial charge in [0.1, 0.15) is 5.82 Å². The number of carbonyl (C=O) groups is 1. The topological polar surface area (TPSA) is 90.4 Å². The summed E-state index contributed by atoms with van der Waals surface area (Å²) in [6.45, 7) is 0.245. The van der Waals surface area contributed by atoms with Crippen LogP contribution in [-0.2, 0) is 6.54 Å². The second kappa shape index (κ2) is 4.74. The van der Waals surface area contributed by atoms with E-state index in [0.717, 1.165) is 0 Å². The summed E-state index contributed by atoms with van der Waals surface area (Å²) in [5.74, 6) is -0.427. The third kappa shape index (κ3) is 2.57. The zero-order valence-corrected chi connectivity index (χ0v) is 9.21. The first-order chi connectivity index (χ1) is 8.56. The van der Waals surface area contributed by atoms with Crippen molar-refractivity contribution in [3.05, 3.63) is 42.0 Å². The van der Waals surface area contributed by atoms with Gasteiger partial charge in [0.05, 0.1) is 6.54 Å². The second-order valence-corrected chi connectivity index (χ2v) is 3.55. The highest BCUT2D eigenvalue weighted by atomic mass is 19.1. The largest absolute Gasteiger partial charge is 0.513 e. The van der Waals surface area contributed by atoms with Gasteiger partial charge in [0.2, 0.25) is 0 Å². The molecule has 0 atom stereocenters. The predicted molar refractivity (Wildman–Crippen MR) is 60.8 cm³/mol. The maximum Gasteiger partial charge on any atom is 0.513 e. The predicted octanol–water partition coefficient (Wildman–Crippen LogP) is 1.71. The number of carboxylic acid groups (broad SMARTS) is 1. The number of hydrogen-bond acceptors (Lipinski definition) is 4. The van der Waals surface area contributed by atoms with Gasteiger partial charge in [0.15, 0.2) is 0 Å². The SMILES string of the molecule is Nc1cc(F)ccc1Cn1ccnc1OC(=O)O. The van der Waals surface area contributed by atoms with Crippen LogP contribution in [0.3, 0.4) is 0 Å². The van der Waals surface area contributed by atoms with Crippen LogP contribution < -0.4 is 10.5 Å². The number of benzene rings is 1. The molecule has 0 aliphatic carbocycles. The van der Waals surface area contributed by atoms with Gasteiger partial charge in [0, 0.05) is 18.1 Å². The molecule has 0 spiro atoms. The summed E-state index contributed by atoms with van der Waals surface area (Å²) in [4.78, 5) is 14.2. The Balaban J connectivity index is 2.23. The number of nitrogen functional groups attached to an aromatic ring is 1. The molecule has 0 radical (unpaired) electrons. The van der Waals surface area contributed by atoms with Gasteiger partial charge in [-0.25, -0.2) is 14.2 Å². The first-order valence-corrected chi connectivity index (χ1v) is 5.02. The third-order valence-corrected chi connectivity index (χ3v) is 2.30. The van der Waals surface area contributed by atoms with Gasteiger partial charge in [-0.1, -0.05) is 6.07 Å². The molecule has 1 heterocycles. The Morgan fingerprint density at radius 2 is 2.33 bits per heavy atom. The van der Waals surface area contributed by atoms with Crippen LogP contribution in [0.25, 0.3) is 0 Å². The van der Waals surface area contributed by atoms with Gasteiger partial charge < -0.3 is 15.6 Å². The van der Waals surface area contributed by atoms with Crippen molar-refractivity contribution >= 4 is 11.8 Å². The molecule has 3 N–H and O–H groups in total. The molecule has 2 rings (SSSR count). The fourth-order valence-electron chi connectivity index (χ4n) is 1.49. The van der Waals surface area contributed by atoms with E-state index in [0.29, 0.717) is 5.56 Å². The molecular weight excluding hydrogens is 241 g/mol. The Morgan fingerprint density at radius 3 is 3.00 bits per heavy atom. The minimum atomic E-state index is -1.45. The summed E-state index contributed by atoms with van der Waals surface area (Å²) in [6, 6.07) is 3.94. The molecule has 2 aromatic rings. The van der Waals surface area contributed by atoms with Crippen molar-refractivity contribution in [2.75, 3.05) is 5.73 Å². The van der Waals surface area contributed by atoms with Crippen molar-refractivity contribution in [2.24, 2.45) is 0 Å². The minimum Gasteiger partial charge on any atom is -0.449 e. The summed E-state index contributed by atoms with van der Waals surface area (Å²) in [5, 5.41) is 8.52. The van der Waals surface area contributed by atoms with Crippen LogP contribution in [0.5, 0.6) is 6.01 Å². The zero-order valence-electron chi connectivity index (χ0n) is 9.21. The van der Waals surface area contributed by atoms with Crippen molar-refractivity contribution in [3.8, 4) is 6.01 Å². The normalized spacial score (nSPS) is 10.3. The van der Waals surface area contributed by atoms with Crippen LogP contribution in [-0.4, -0.2) is 20.8 Å². The van der Waals surface area contributed by atoms with Gasteiger partial charge in [-0.2, -0.15) is 0 Å². The van der Waals surface area contributed by atoms with Crippen molar-refractivity contribution in [3.63, 3.8) is 0 Å². The van der Waals surface area contributed by atoms with E-state index < -0.39 is 12.0 Å². The fraction of sp³-hybridized carbons (Fsp3) is 0.0909. The number of ether oxygens (including phenoxy) is 1. The monoisotopic (exact) mass is 251 g/mol. The maximum atomic E-state index is 12.9. The average molecular weight is 251 g/mol. The van der Waals surface area contributed by atoms with Crippen LogP contribution in [0, 0.1) is 5.82 Å². The molecule has 7 heteroatoms. The zero-order chi connectivity index (χ0) is 13.1. The molecule has 1 aromatic carbocycles. The molecule has 0 fully saturated rings. The molecule has 0 saturated heterocycles. The lowest BCUT2D eigenvalue weighted by Gasteiger charge is -2.08. The van der Waals surface area contributed by atoms with Crippen LogP contribution in [0.1, 0.15) is 5.56 Å². The molecule has 0 aliphatic rings. The summed E-state index contributed by atoms with van der Waals surface area (Å²) < 4.78 is 18.8. The minimum absolute atomic E-state index is 0.0637. The number of hydrogen-bond donors (Lipinski definition) is 2. The molecule has 0 bridgehead atoms. The van der Waals surface area contributed by atoms with Gasteiger partial charge in [-0.15, -0.1) is 0 Å². The number of imidazole rings is 1. The van der Waals surface area contributed by atoms with Crippen LogP contribution in [0.2, 0.25) is 0 Å². The average Bonchev–Trinajstić information content (AvgIpc) is 2.69. The Hall–Kier alpha value is -2.57. The Morgan fingerprint density at radius 1 is 1.56 bits per heavy atom. The number of rotatable bonds is 3. The Labute approximate surface area is 101 Å². The van der Waals surface area contributed by atoms with E-state index in [-0.39, 0.29) is 18.2 Å². The molecule has 0 aliphatic heterocycles. The summed E-state index contributed by atoms with van der Waals surface area (Å²) in [5.41, 5.74) is 6.58. The molecular formula is C11H10FN3O3. The van der Waals surface area contributed by atoms with Crippen molar-refractivity contribution in [1.82, 2.24) is 9.55 Å². The van der Waals surface area contributed by atoms with E-state index >= 15 is 0 Å². The summed E-state index contributed by atoms with van der Waals surface area (Å²) in [6.07, 6.45) is 1.49. The third-order valence-electron chi connectivity index (χ3n) is 2.30. The van der Waals surface area contributed by atoms with Gasteiger partial charge in [-0.3, -0.25) is 4.57 Å². The number of anilines is 1. The van der Waals surface area contributed by atoms with Crippen molar-refractivity contribution in [2.45, 2.75) is 6.54 Å². The molecule has 6 nitrogen and oxygen atoms in total. The molecule has 0 saturated carbocycles. The Bertz CT molecular complexity index is 583. The smallest absolute Gasteiger partial charge is 0.449 e. The van der Waals surface area contributed by atoms with Gasteiger partial charge in [-0.05, 0) is 17.7 Å². The molecule has 18 heavy (non-hydrogen) atoms. The summed E-state index contributed by atoms with van der Waals surface area (Å²) in [7, 11) is 0.